The van der Waals surface area contributed by atoms with Crippen LogP contribution in [0.25, 0.3) is 20.4 Å². The lowest BCUT2D eigenvalue weighted by Crippen LogP contribution is -2.42. The number of benzene rings is 1. The monoisotopic (exact) mass is 396 g/mol. The Balaban J connectivity index is 1.64. The van der Waals surface area contributed by atoms with Crippen molar-refractivity contribution in [2.45, 2.75) is 25.8 Å². The quantitative estimate of drug-likeness (QED) is 0.735. The highest BCUT2D eigenvalue weighted by atomic mass is 32.2. The molecule has 1 aliphatic rings. The molecule has 3 heterocycles. The van der Waals surface area contributed by atoms with Gasteiger partial charge in [-0.1, -0.05) is 11.3 Å². The van der Waals surface area contributed by atoms with Gasteiger partial charge >= 0.3 is 0 Å². The van der Waals surface area contributed by atoms with Gasteiger partial charge in [0.05, 0.1) is 26.2 Å². The maximum atomic E-state index is 12.6. The van der Waals surface area contributed by atoms with Gasteiger partial charge in [0.15, 0.2) is 5.13 Å². The summed E-state index contributed by atoms with van der Waals surface area (Å²) in [4.78, 5) is 21.6. The van der Waals surface area contributed by atoms with Crippen molar-refractivity contribution in [2.24, 2.45) is 0 Å². The number of amides is 1. The van der Waals surface area contributed by atoms with Gasteiger partial charge in [0, 0.05) is 6.54 Å². The van der Waals surface area contributed by atoms with Crippen LogP contribution in [-0.4, -0.2) is 47.4 Å². The molecule has 0 spiro atoms. The van der Waals surface area contributed by atoms with E-state index in [0.29, 0.717) is 24.5 Å². The summed E-state index contributed by atoms with van der Waals surface area (Å²) < 4.78 is 26.9. The summed E-state index contributed by atoms with van der Waals surface area (Å²) in [5, 5.41) is 4.24. The highest BCUT2D eigenvalue weighted by Crippen LogP contribution is 2.35. The normalized spacial score (nSPS) is 19.0. The molecule has 132 valence electrons. The standard InChI is InChI=1S/C15H16N4O3S3/c1-8-16-12-11(23-8)6-5-9-13(12)24-15(17-9)18-14(20)10-4-3-7-19(10)25(2,21)22/h5-6,10H,3-4,7H2,1-2H3,(H,17,18,20). The first-order valence-electron chi connectivity index (χ1n) is 7.77. The van der Waals surface area contributed by atoms with Gasteiger partial charge < -0.3 is 5.32 Å². The van der Waals surface area contributed by atoms with Gasteiger partial charge in [0.2, 0.25) is 15.9 Å². The number of rotatable bonds is 3. The van der Waals surface area contributed by atoms with Crippen LogP contribution in [0.3, 0.4) is 0 Å². The maximum absolute atomic E-state index is 12.6. The molecule has 1 aliphatic heterocycles. The first-order valence-corrected chi connectivity index (χ1v) is 11.3. The first-order chi connectivity index (χ1) is 11.8. The third kappa shape index (κ3) is 3.03. The smallest absolute Gasteiger partial charge is 0.244 e. The number of sulfonamides is 1. The Labute approximate surface area is 152 Å². The molecular weight excluding hydrogens is 380 g/mol. The zero-order chi connectivity index (χ0) is 17.8. The van der Waals surface area contributed by atoms with Gasteiger partial charge in [-0.15, -0.1) is 11.3 Å². The average molecular weight is 397 g/mol. The molecule has 1 aromatic carbocycles. The number of thiazole rings is 2. The number of nitrogens with zero attached hydrogens (tertiary/aromatic N) is 3. The Morgan fingerprint density at radius 2 is 2.12 bits per heavy atom. The molecule has 0 radical (unpaired) electrons. The molecule has 1 unspecified atom stereocenters. The molecule has 3 aromatic rings. The topological polar surface area (TPSA) is 92.3 Å². The van der Waals surface area contributed by atoms with Gasteiger partial charge in [0.1, 0.15) is 11.6 Å². The molecule has 2 aromatic heterocycles. The fourth-order valence-corrected chi connectivity index (χ4v) is 6.11. The highest BCUT2D eigenvalue weighted by molar-refractivity contribution is 7.88. The lowest BCUT2D eigenvalue weighted by molar-refractivity contribution is -0.119. The van der Waals surface area contributed by atoms with E-state index in [4.69, 9.17) is 0 Å². The predicted octanol–water partition coefficient (Wildman–Crippen LogP) is 2.58. The summed E-state index contributed by atoms with van der Waals surface area (Å²) in [5.41, 5.74) is 1.68. The van der Waals surface area contributed by atoms with Gasteiger partial charge in [0.25, 0.3) is 0 Å². The van der Waals surface area contributed by atoms with Gasteiger partial charge in [-0.3, -0.25) is 4.79 Å². The Kier molecular flexibility index (Phi) is 4.02. The molecule has 1 fully saturated rings. The third-order valence-electron chi connectivity index (χ3n) is 4.18. The number of carbonyl (C=O) groups excluding carboxylic acids is 1. The summed E-state index contributed by atoms with van der Waals surface area (Å²) in [6.07, 6.45) is 2.35. The third-order valence-corrected chi connectivity index (χ3v) is 7.40. The van der Waals surface area contributed by atoms with Crippen molar-refractivity contribution in [3.63, 3.8) is 0 Å². The van der Waals surface area contributed by atoms with Crippen LogP contribution >= 0.6 is 22.7 Å². The molecule has 4 rings (SSSR count). The Morgan fingerprint density at radius 3 is 2.88 bits per heavy atom. The number of hydrogen-bond acceptors (Lipinski definition) is 7. The minimum Gasteiger partial charge on any atom is -0.301 e. The SMILES string of the molecule is Cc1nc2c(ccc3nc(NC(=O)C4CCCN4S(C)(=O)=O)sc32)s1. The second-order valence-electron chi connectivity index (χ2n) is 6.03. The van der Waals surface area contributed by atoms with Crippen LogP contribution in [0.4, 0.5) is 5.13 Å². The number of anilines is 1. The van der Waals surface area contributed by atoms with Crippen LogP contribution in [0.5, 0.6) is 0 Å². The molecule has 0 aliphatic carbocycles. The number of nitrogens with one attached hydrogen (secondary N) is 1. The molecule has 1 N–H and O–H groups in total. The fraction of sp³-hybridized carbons (Fsp3) is 0.400. The molecule has 1 saturated heterocycles. The Hall–Kier alpha value is -1.62. The second kappa shape index (κ2) is 5.97. The van der Waals surface area contributed by atoms with E-state index in [0.717, 1.165) is 31.7 Å². The Morgan fingerprint density at radius 1 is 1.32 bits per heavy atom. The molecular formula is C15H16N4O3S3. The first kappa shape index (κ1) is 16.8. The van der Waals surface area contributed by atoms with Crippen LogP contribution in [0.1, 0.15) is 17.8 Å². The molecule has 0 bridgehead atoms. The summed E-state index contributed by atoms with van der Waals surface area (Å²) in [5.74, 6) is -0.326. The zero-order valence-electron chi connectivity index (χ0n) is 13.6. The van der Waals surface area contributed by atoms with Crippen molar-refractivity contribution >= 4 is 64.2 Å². The average Bonchev–Trinajstić information content (AvgIpc) is 3.21. The molecule has 10 heteroatoms. The largest absolute Gasteiger partial charge is 0.301 e. The summed E-state index contributed by atoms with van der Waals surface area (Å²) in [6, 6.07) is 3.24. The van der Waals surface area contributed by atoms with Crippen molar-refractivity contribution < 1.29 is 13.2 Å². The molecule has 25 heavy (non-hydrogen) atoms. The van der Waals surface area contributed by atoms with Gasteiger partial charge in [-0.2, -0.15) is 4.31 Å². The molecule has 1 atom stereocenters. The van der Waals surface area contributed by atoms with Gasteiger partial charge in [-0.05, 0) is 31.9 Å². The minimum absolute atomic E-state index is 0.326. The summed E-state index contributed by atoms with van der Waals surface area (Å²) in [6.45, 7) is 2.34. The number of aryl methyl sites for hydroxylation is 1. The highest BCUT2D eigenvalue weighted by Gasteiger charge is 2.36. The van der Waals surface area contributed by atoms with Crippen molar-refractivity contribution in [3.8, 4) is 0 Å². The van der Waals surface area contributed by atoms with Crippen LogP contribution in [0, 0.1) is 6.92 Å². The van der Waals surface area contributed by atoms with E-state index in [-0.39, 0.29) is 5.91 Å². The maximum Gasteiger partial charge on any atom is 0.244 e. The fourth-order valence-electron chi connectivity index (χ4n) is 3.13. The lowest BCUT2D eigenvalue weighted by atomic mass is 10.2. The molecule has 1 amide bonds. The van der Waals surface area contributed by atoms with Crippen LogP contribution in [-0.2, 0) is 14.8 Å². The lowest BCUT2D eigenvalue weighted by Gasteiger charge is -2.20. The van der Waals surface area contributed by atoms with E-state index in [9.17, 15) is 13.2 Å². The van der Waals surface area contributed by atoms with Crippen molar-refractivity contribution in [2.75, 3.05) is 18.1 Å². The minimum atomic E-state index is -3.39. The second-order valence-corrected chi connectivity index (χ2v) is 10.2. The number of carbonyl (C=O) groups is 1. The van der Waals surface area contributed by atoms with E-state index in [1.807, 2.05) is 19.1 Å². The number of hydrogen-bond donors (Lipinski definition) is 1. The zero-order valence-corrected chi connectivity index (χ0v) is 16.1. The molecule has 7 nitrogen and oxygen atoms in total. The summed E-state index contributed by atoms with van der Waals surface area (Å²) >= 11 is 2.99. The van der Waals surface area contributed by atoms with E-state index < -0.39 is 16.1 Å². The summed E-state index contributed by atoms with van der Waals surface area (Å²) in [7, 11) is -3.39. The van der Waals surface area contributed by atoms with Crippen molar-refractivity contribution in [3.05, 3.63) is 17.1 Å². The Bertz CT molecular complexity index is 1090. The van der Waals surface area contributed by atoms with Crippen LogP contribution in [0.15, 0.2) is 12.1 Å². The van der Waals surface area contributed by atoms with Gasteiger partial charge in [-0.25, -0.2) is 18.4 Å². The van der Waals surface area contributed by atoms with E-state index >= 15 is 0 Å². The number of aromatic nitrogens is 2. The van der Waals surface area contributed by atoms with E-state index in [1.165, 1.54) is 15.6 Å². The van der Waals surface area contributed by atoms with E-state index in [1.54, 1.807) is 11.3 Å². The van der Waals surface area contributed by atoms with Crippen molar-refractivity contribution in [1.82, 2.24) is 14.3 Å². The van der Waals surface area contributed by atoms with E-state index in [2.05, 4.69) is 15.3 Å². The molecule has 0 saturated carbocycles. The van der Waals surface area contributed by atoms with Crippen molar-refractivity contribution in [1.29, 1.82) is 0 Å². The number of fused-ring (bicyclic) bond motifs is 3. The predicted molar refractivity (Wildman–Crippen MR) is 101 cm³/mol. The van der Waals surface area contributed by atoms with Crippen LogP contribution in [0.2, 0.25) is 0 Å². The van der Waals surface area contributed by atoms with Crippen LogP contribution < -0.4 is 5.32 Å².